The third kappa shape index (κ3) is 5.28. The van der Waals surface area contributed by atoms with E-state index in [9.17, 15) is 10.1 Å². The van der Waals surface area contributed by atoms with Crippen LogP contribution in [0.4, 0.5) is 5.69 Å². The Labute approximate surface area is 203 Å². The summed E-state index contributed by atoms with van der Waals surface area (Å²) in [6.07, 6.45) is 0. The number of carbonyl (C=O) groups excluding carboxylic acids is 1. The minimum atomic E-state index is -0.152. The first-order chi connectivity index (χ1) is 16.6. The molecule has 0 saturated carbocycles. The first-order valence-corrected chi connectivity index (χ1v) is 11.7. The molecule has 0 saturated heterocycles. The van der Waals surface area contributed by atoms with Gasteiger partial charge in [0, 0.05) is 16.8 Å². The smallest absolute Gasteiger partial charge is 0.234 e. The molecule has 0 spiro atoms. The van der Waals surface area contributed by atoms with E-state index in [4.69, 9.17) is 9.72 Å². The lowest BCUT2D eigenvalue weighted by atomic mass is 9.99. The fourth-order valence-electron chi connectivity index (χ4n) is 3.52. The molecule has 0 unspecified atom stereocenters. The van der Waals surface area contributed by atoms with Crippen LogP contribution in [0.1, 0.15) is 11.1 Å². The lowest BCUT2D eigenvalue weighted by molar-refractivity contribution is -0.113. The molecule has 5 nitrogen and oxygen atoms in total. The minimum absolute atomic E-state index is 0.135. The van der Waals surface area contributed by atoms with Crippen LogP contribution in [0.2, 0.25) is 0 Å². The van der Waals surface area contributed by atoms with Crippen LogP contribution in [0.25, 0.3) is 22.4 Å². The number of hydrogen-bond donors (Lipinski definition) is 1. The lowest BCUT2D eigenvalue weighted by Crippen LogP contribution is -2.15. The molecule has 0 aliphatic heterocycles. The third-order valence-electron chi connectivity index (χ3n) is 5.33. The number of para-hydroxylation sites is 1. The van der Waals surface area contributed by atoms with Gasteiger partial charge in [0.25, 0.3) is 0 Å². The number of thioether (sulfide) groups is 1. The predicted molar refractivity (Wildman–Crippen MR) is 137 cm³/mol. The average molecular weight is 466 g/mol. The highest BCUT2D eigenvalue weighted by Gasteiger charge is 2.17. The van der Waals surface area contributed by atoms with Crippen molar-refractivity contribution in [2.24, 2.45) is 0 Å². The molecule has 0 atom stereocenters. The second kappa shape index (κ2) is 10.7. The normalized spacial score (nSPS) is 10.4. The van der Waals surface area contributed by atoms with Gasteiger partial charge in [0.05, 0.1) is 24.1 Å². The predicted octanol–water partition coefficient (Wildman–Crippen LogP) is 6.34. The molecule has 4 rings (SSSR count). The Balaban J connectivity index is 1.69. The largest absolute Gasteiger partial charge is 0.497 e. The monoisotopic (exact) mass is 465 g/mol. The molecule has 0 aliphatic rings. The van der Waals surface area contributed by atoms with Gasteiger partial charge in [-0.25, -0.2) is 4.98 Å². The summed E-state index contributed by atoms with van der Waals surface area (Å²) in [6, 6.07) is 29.2. The quantitative estimate of drug-likeness (QED) is 0.323. The molecule has 0 aliphatic carbocycles. The number of pyridine rings is 1. The topological polar surface area (TPSA) is 75.0 Å². The van der Waals surface area contributed by atoms with Crippen molar-refractivity contribution in [2.45, 2.75) is 11.9 Å². The number of carbonyl (C=O) groups is 1. The molecular formula is C28H23N3O2S. The third-order valence-corrected chi connectivity index (χ3v) is 6.30. The van der Waals surface area contributed by atoms with Gasteiger partial charge in [-0.1, -0.05) is 60.3 Å². The number of hydrogen-bond acceptors (Lipinski definition) is 5. The maximum atomic E-state index is 12.7. The molecule has 1 amide bonds. The first-order valence-electron chi connectivity index (χ1n) is 10.7. The molecule has 0 fully saturated rings. The van der Waals surface area contributed by atoms with Crippen LogP contribution in [0.5, 0.6) is 5.75 Å². The highest BCUT2D eigenvalue weighted by Crippen LogP contribution is 2.34. The van der Waals surface area contributed by atoms with Crippen LogP contribution in [-0.4, -0.2) is 23.8 Å². The SMILES string of the molecule is COc1ccc(-c2cc(-c3ccccc3)c(C#N)c(SCC(=O)Nc3ccccc3C)n2)cc1. The molecular weight excluding hydrogens is 442 g/mol. The maximum Gasteiger partial charge on any atom is 0.234 e. The Morgan fingerprint density at radius 2 is 1.71 bits per heavy atom. The zero-order valence-electron chi connectivity index (χ0n) is 18.9. The summed E-state index contributed by atoms with van der Waals surface area (Å²) in [5.74, 6) is 0.736. The Morgan fingerprint density at radius 3 is 2.38 bits per heavy atom. The van der Waals surface area contributed by atoms with E-state index in [-0.39, 0.29) is 11.7 Å². The number of nitriles is 1. The van der Waals surface area contributed by atoms with Gasteiger partial charge < -0.3 is 10.1 Å². The minimum Gasteiger partial charge on any atom is -0.497 e. The number of anilines is 1. The number of methoxy groups -OCH3 is 1. The molecule has 34 heavy (non-hydrogen) atoms. The number of rotatable bonds is 7. The summed E-state index contributed by atoms with van der Waals surface area (Å²) in [6.45, 7) is 1.95. The summed E-state index contributed by atoms with van der Waals surface area (Å²) < 4.78 is 5.27. The van der Waals surface area contributed by atoms with E-state index < -0.39 is 0 Å². The van der Waals surface area contributed by atoms with Crippen molar-refractivity contribution < 1.29 is 9.53 Å². The number of aryl methyl sites for hydroxylation is 1. The van der Waals surface area contributed by atoms with Gasteiger partial charge in [0.15, 0.2) is 0 Å². The standard InChI is InChI=1S/C28H23N3O2S/c1-19-8-6-7-11-25(19)30-27(32)18-34-28-24(17-29)23(20-9-4-3-5-10-20)16-26(31-28)21-12-14-22(33-2)15-13-21/h3-16H,18H2,1-2H3,(H,30,32). The van der Waals surface area contributed by atoms with E-state index in [1.54, 1.807) is 7.11 Å². The van der Waals surface area contributed by atoms with Crippen LogP contribution in [0.3, 0.4) is 0 Å². The maximum absolute atomic E-state index is 12.7. The summed E-state index contributed by atoms with van der Waals surface area (Å²) >= 11 is 1.26. The van der Waals surface area contributed by atoms with Crippen molar-refractivity contribution in [1.82, 2.24) is 4.98 Å². The van der Waals surface area contributed by atoms with Crippen LogP contribution in [0, 0.1) is 18.3 Å². The first kappa shape index (κ1) is 23.1. The van der Waals surface area contributed by atoms with E-state index >= 15 is 0 Å². The molecule has 3 aromatic carbocycles. The average Bonchev–Trinajstić information content (AvgIpc) is 2.88. The van der Waals surface area contributed by atoms with Crippen LogP contribution in [-0.2, 0) is 4.79 Å². The van der Waals surface area contributed by atoms with Crippen molar-refractivity contribution in [1.29, 1.82) is 5.26 Å². The van der Waals surface area contributed by atoms with E-state index in [1.165, 1.54) is 11.8 Å². The number of nitrogens with zero attached hydrogens (tertiary/aromatic N) is 2. The van der Waals surface area contributed by atoms with Gasteiger partial charge >= 0.3 is 0 Å². The fraction of sp³-hybridized carbons (Fsp3) is 0.107. The second-order valence-corrected chi connectivity index (χ2v) is 8.56. The summed E-state index contributed by atoms with van der Waals surface area (Å²) in [7, 11) is 1.62. The zero-order chi connectivity index (χ0) is 23.9. The summed E-state index contributed by atoms with van der Waals surface area (Å²) in [4.78, 5) is 17.4. The molecule has 1 heterocycles. The molecule has 6 heteroatoms. The highest BCUT2D eigenvalue weighted by atomic mass is 32.2. The zero-order valence-corrected chi connectivity index (χ0v) is 19.7. The van der Waals surface area contributed by atoms with Crippen molar-refractivity contribution in [2.75, 3.05) is 18.2 Å². The van der Waals surface area contributed by atoms with Crippen LogP contribution >= 0.6 is 11.8 Å². The molecule has 0 bridgehead atoms. The van der Waals surface area contributed by atoms with Gasteiger partial charge in [-0.2, -0.15) is 5.26 Å². The van der Waals surface area contributed by atoms with E-state index in [0.717, 1.165) is 39.4 Å². The van der Waals surface area contributed by atoms with E-state index in [1.807, 2.05) is 91.9 Å². The Hall–Kier alpha value is -4.08. The number of aromatic nitrogens is 1. The van der Waals surface area contributed by atoms with Crippen molar-refractivity contribution in [3.63, 3.8) is 0 Å². The van der Waals surface area contributed by atoms with Gasteiger partial charge in [-0.3, -0.25) is 4.79 Å². The Morgan fingerprint density at radius 1 is 1.00 bits per heavy atom. The summed E-state index contributed by atoms with van der Waals surface area (Å²) in [5, 5.41) is 13.5. The molecule has 1 N–H and O–H groups in total. The Bertz CT molecular complexity index is 1350. The van der Waals surface area contributed by atoms with E-state index in [0.29, 0.717) is 10.6 Å². The van der Waals surface area contributed by atoms with Crippen molar-refractivity contribution in [3.8, 4) is 34.2 Å². The van der Waals surface area contributed by atoms with E-state index in [2.05, 4.69) is 11.4 Å². The van der Waals surface area contributed by atoms with Crippen LogP contribution in [0.15, 0.2) is 90.0 Å². The fourth-order valence-corrected chi connectivity index (χ4v) is 4.33. The lowest BCUT2D eigenvalue weighted by Gasteiger charge is -2.13. The number of benzene rings is 3. The number of ether oxygens (including phenoxy) is 1. The highest BCUT2D eigenvalue weighted by molar-refractivity contribution is 8.00. The van der Waals surface area contributed by atoms with Gasteiger partial charge in [0.2, 0.25) is 5.91 Å². The molecule has 168 valence electrons. The van der Waals surface area contributed by atoms with Crippen molar-refractivity contribution in [3.05, 3.63) is 96.1 Å². The number of nitrogens with one attached hydrogen (secondary N) is 1. The van der Waals surface area contributed by atoms with Crippen molar-refractivity contribution >= 4 is 23.4 Å². The molecule has 1 aromatic heterocycles. The second-order valence-electron chi connectivity index (χ2n) is 7.59. The van der Waals surface area contributed by atoms with Gasteiger partial charge in [-0.15, -0.1) is 0 Å². The number of amides is 1. The summed E-state index contributed by atoms with van der Waals surface area (Å²) in [5.41, 5.74) is 5.55. The molecule has 0 radical (unpaired) electrons. The Kier molecular flexibility index (Phi) is 7.26. The van der Waals surface area contributed by atoms with Gasteiger partial charge in [-0.05, 0) is 54.4 Å². The molecule has 4 aromatic rings. The van der Waals surface area contributed by atoms with Gasteiger partial charge in [0.1, 0.15) is 16.8 Å². The van der Waals surface area contributed by atoms with Crippen LogP contribution < -0.4 is 10.1 Å².